The van der Waals surface area contributed by atoms with Crippen LogP contribution in [0.25, 0.3) is 0 Å². The van der Waals surface area contributed by atoms with Gasteiger partial charge in [-0.25, -0.2) is 17.8 Å². The van der Waals surface area contributed by atoms with Crippen LogP contribution >= 0.6 is 0 Å². The van der Waals surface area contributed by atoms with Crippen LogP contribution < -0.4 is 21.1 Å². The molecule has 0 spiro atoms. The minimum Gasteiger partial charge on any atom is -0.384 e. The Morgan fingerprint density at radius 3 is 2.18 bits per heavy atom. The highest BCUT2D eigenvalue weighted by molar-refractivity contribution is 7.88. The molecule has 0 saturated carbocycles. The number of nitrogen functional groups attached to an aromatic ring is 1. The molecular weight excluding hydrogens is 506 g/mol. The third-order valence-electron chi connectivity index (χ3n) is 6.40. The van der Waals surface area contributed by atoms with Crippen molar-refractivity contribution in [2.75, 3.05) is 12.8 Å². The summed E-state index contributed by atoms with van der Waals surface area (Å²) in [5, 5.41) is 17.7. The lowest BCUT2D eigenvalue weighted by Crippen LogP contribution is -2.54. The lowest BCUT2D eigenvalue weighted by atomic mass is 9.85. The van der Waals surface area contributed by atoms with Gasteiger partial charge in [-0.2, -0.15) is 5.10 Å². The van der Waals surface area contributed by atoms with Gasteiger partial charge in [-0.05, 0) is 30.5 Å². The lowest BCUT2D eigenvalue weighted by Gasteiger charge is -2.30. The van der Waals surface area contributed by atoms with Crippen molar-refractivity contribution in [1.29, 1.82) is 5.41 Å². The van der Waals surface area contributed by atoms with Gasteiger partial charge in [-0.15, -0.1) is 0 Å². The summed E-state index contributed by atoms with van der Waals surface area (Å²) in [4.78, 5) is 27.5. The maximum absolute atomic E-state index is 13.9. The fraction of sp³-hybridized carbons (Fsp3) is 0.308. The molecule has 1 saturated heterocycles. The number of carbonyl (C=O) groups excluding carboxylic acids is 2. The van der Waals surface area contributed by atoms with E-state index < -0.39 is 40.1 Å². The highest BCUT2D eigenvalue weighted by Gasteiger charge is 2.38. The molecule has 4 rings (SSSR count). The molecule has 1 aliphatic rings. The zero-order valence-corrected chi connectivity index (χ0v) is 21.7. The molecule has 200 valence electrons. The van der Waals surface area contributed by atoms with E-state index in [9.17, 15) is 18.0 Å². The van der Waals surface area contributed by atoms with Crippen molar-refractivity contribution in [3.8, 4) is 0 Å². The largest absolute Gasteiger partial charge is 0.384 e. The van der Waals surface area contributed by atoms with Crippen LogP contribution in [-0.2, 0) is 19.6 Å². The molecule has 3 atom stereocenters. The molecule has 1 unspecified atom stereocenters. The number of aromatic nitrogens is 2. The fourth-order valence-electron chi connectivity index (χ4n) is 4.63. The minimum atomic E-state index is -3.85. The molecular formula is C26H31N7O4S. The normalized spacial score (nSPS) is 17.2. The number of nitrogens with zero attached hydrogens (tertiary/aromatic N) is 2. The molecule has 0 aliphatic carbocycles. The van der Waals surface area contributed by atoms with Crippen LogP contribution in [0, 0.1) is 5.41 Å². The first-order chi connectivity index (χ1) is 18.1. The summed E-state index contributed by atoms with van der Waals surface area (Å²) < 4.78 is 28.7. The Labute approximate surface area is 221 Å². The van der Waals surface area contributed by atoms with Crippen molar-refractivity contribution in [3.05, 3.63) is 89.7 Å². The van der Waals surface area contributed by atoms with Crippen molar-refractivity contribution in [2.24, 2.45) is 5.73 Å². The van der Waals surface area contributed by atoms with Gasteiger partial charge in [0.05, 0.1) is 24.1 Å². The number of carbonyl (C=O) groups is 2. The van der Waals surface area contributed by atoms with Crippen LogP contribution in [0.4, 0.5) is 0 Å². The Morgan fingerprint density at radius 2 is 1.71 bits per heavy atom. The molecule has 0 bridgehead atoms. The Hall–Kier alpha value is -3.87. The van der Waals surface area contributed by atoms with E-state index >= 15 is 0 Å². The zero-order valence-electron chi connectivity index (χ0n) is 20.9. The summed E-state index contributed by atoms with van der Waals surface area (Å²) in [6.07, 6.45) is 3.87. The number of nitrogens with two attached hydrogens (primary N) is 1. The number of sulfonamides is 1. The van der Waals surface area contributed by atoms with Gasteiger partial charge >= 0.3 is 0 Å². The third kappa shape index (κ3) is 6.52. The molecule has 0 radical (unpaired) electrons. The number of Topliss-reactive ketones (excluding diaryl/α,β-unsaturated/α-hetero) is 1. The fourth-order valence-corrected chi connectivity index (χ4v) is 5.33. The summed E-state index contributed by atoms with van der Waals surface area (Å²) in [5.74, 6) is -1.97. The number of hydrogen-bond donors (Lipinski definition) is 5. The maximum Gasteiger partial charge on any atom is 0.241 e. The number of hydrogen-bond acceptors (Lipinski definition) is 7. The molecule has 6 N–H and O–H groups in total. The molecule has 1 aliphatic heterocycles. The first kappa shape index (κ1) is 27.2. The Bertz CT molecular complexity index is 1350. The van der Waals surface area contributed by atoms with Gasteiger partial charge < -0.3 is 16.4 Å². The minimum absolute atomic E-state index is 0.238. The second-order valence-electron chi connectivity index (χ2n) is 9.25. The average Bonchev–Trinajstić information content (AvgIpc) is 3.60. The van der Waals surface area contributed by atoms with Gasteiger partial charge in [0, 0.05) is 12.1 Å². The molecule has 38 heavy (non-hydrogen) atoms. The summed E-state index contributed by atoms with van der Waals surface area (Å²) in [6, 6.07) is 16.4. The second-order valence-corrected chi connectivity index (χ2v) is 11.0. The number of nitrogens with one attached hydrogen (secondary N) is 4. The smallest absolute Gasteiger partial charge is 0.241 e. The number of ketones is 1. The van der Waals surface area contributed by atoms with Crippen LogP contribution in [0.5, 0.6) is 0 Å². The van der Waals surface area contributed by atoms with Crippen LogP contribution in [0.2, 0.25) is 0 Å². The van der Waals surface area contributed by atoms with Crippen molar-refractivity contribution >= 4 is 27.5 Å². The van der Waals surface area contributed by atoms with E-state index in [1.54, 1.807) is 0 Å². The highest BCUT2D eigenvalue weighted by atomic mass is 32.2. The van der Waals surface area contributed by atoms with Gasteiger partial charge in [0.15, 0.2) is 11.9 Å². The van der Waals surface area contributed by atoms with Gasteiger partial charge in [0.2, 0.25) is 15.9 Å². The van der Waals surface area contributed by atoms with Crippen LogP contribution in [0.15, 0.2) is 73.1 Å². The average molecular weight is 538 g/mol. The number of rotatable bonds is 11. The predicted molar refractivity (Wildman–Crippen MR) is 143 cm³/mol. The molecule has 2 heterocycles. The first-order valence-electron chi connectivity index (χ1n) is 12.2. The van der Waals surface area contributed by atoms with Crippen molar-refractivity contribution in [2.45, 2.75) is 37.0 Å². The van der Waals surface area contributed by atoms with Gasteiger partial charge in [-0.3, -0.25) is 15.0 Å². The summed E-state index contributed by atoms with van der Waals surface area (Å²) >= 11 is 0. The molecule has 1 aromatic heterocycles. The second kappa shape index (κ2) is 11.7. The molecule has 3 aromatic rings. The molecule has 1 fully saturated rings. The van der Waals surface area contributed by atoms with E-state index in [-0.39, 0.29) is 17.2 Å². The first-order valence-corrected chi connectivity index (χ1v) is 14.1. The summed E-state index contributed by atoms with van der Waals surface area (Å²) in [5.41, 5.74) is 7.30. The van der Waals surface area contributed by atoms with Crippen molar-refractivity contribution in [1.82, 2.24) is 25.1 Å². The van der Waals surface area contributed by atoms with Crippen LogP contribution in [0.1, 0.15) is 41.6 Å². The molecule has 12 heteroatoms. The van der Waals surface area contributed by atoms with E-state index in [1.165, 1.54) is 17.1 Å². The van der Waals surface area contributed by atoms with E-state index in [1.807, 2.05) is 60.7 Å². The Kier molecular flexibility index (Phi) is 8.35. The Balaban J connectivity index is 1.75. The van der Waals surface area contributed by atoms with Gasteiger partial charge in [-0.1, -0.05) is 60.7 Å². The van der Waals surface area contributed by atoms with E-state index in [0.717, 1.165) is 12.7 Å². The van der Waals surface area contributed by atoms with Crippen molar-refractivity contribution in [3.63, 3.8) is 0 Å². The molecule has 11 nitrogen and oxygen atoms in total. The number of benzene rings is 2. The monoisotopic (exact) mass is 537 g/mol. The van der Waals surface area contributed by atoms with Crippen LogP contribution in [0.3, 0.4) is 0 Å². The number of amidine groups is 1. The third-order valence-corrected chi connectivity index (χ3v) is 7.09. The number of amides is 1. The van der Waals surface area contributed by atoms with Gasteiger partial charge in [0.25, 0.3) is 0 Å². The summed E-state index contributed by atoms with van der Waals surface area (Å²) in [6.45, 7) is 0.664. The zero-order chi connectivity index (χ0) is 27.3. The van der Waals surface area contributed by atoms with E-state index in [2.05, 4.69) is 20.5 Å². The highest BCUT2D eigenvalue weighted by Crippen LogP contribution is 2.29. The van der Waals surface area contributed by atoms with Gasteiger partial charge in [0.1, 0.15) is 11.9 Å². The van der Waals surface area contributed by atoms with E-state index in [0.29, 0.717) is 24.1 Å². The quantitative estimate of drug-likeness (QED) is 0.178. The Morgan fingerprint density at radius 1 is 1.11 bits per heavy atom. The predicted octanol–water partition coefficient (Wildman–Crippen LogP) is 0.853. The molecule has 1 amide bonds. The van der Waals surface area contributed by atoms with Crippen LogP contribution in [-0.4, -0.2) is 60.6 Å². The maximum atomic E-state index is 13.9. The lowest BCUT2D eigenvalue weighted by molar-refractivity contribution is -0.132. The summed E-state index contributed by atoms with van der Waals surface area (Å²) in [7, 11) is -3.85. The van der Waals surface area contributed by atoms with E-state index in [4.69, 9.17) is 11.1 Å². The molecule has 2 aromatic carbocycles. The topological polar surface area (TPSA) is 172 Å². The standard InChI is InChI=1S/C26H31N7O4S/c1-38(36,37)32-22(21(17-9-4-2-5-10-17)18-11-6-3-7-12-18)26(35)31-25(23(34)20-13-8-14-29-20)33-16-19(15-30-33)24(27)28/h2-7,9-12,15-16,20-22,25,29,32H,8,13-14H2,1H3,(H3,27,28)(H,31,35)/t20-,22+,25?/m0/s1. The van der Waals surface area contributed by atoms with Crippen molar-refractivity contribution < 1.29 is 18.0 Å². The SMILES string of the molecule is CS(=O)(=O)N[C@@H](C(=O)NC(C(=O)[C@@H]1CCCN1)n1cc(C(=N)N)cn1)C(c1ccccc1)c1ccccc1.